The van der Waals surface area contributed by atoms with Crippen molar-refractivity contribution in [2.24, 2.45) is 5.73 Å². The van der Waals surface area contributed by atoms with E-state index in [1.807, 2.05) is 11.9 Å². The standard InChI is InChI=1S/C9H15N3O3S.C5H10O/c1-5(13)16-8-7(11-4-12(8)2)3-6(10)9(14)15;1-2-3-4-5-6/h6,11H,3-4,10H2,1-2H3,(H,14,15);5H,2-4H2,1H3. The molecular formula is C14H25N3O4S. The molecule has 0 saturated carbocycles. The third kappa shape index (κ3) is 8.04. The van der Waals surface area contributed by atoms with E-state index < -0.39 is 12.0 Å². The molecular weight excluding hydrogens is 306 g/mol. The minimum absolute atomic E-state index is 0.0352. The molecule has 8 heteroatoms. The number of nitrogens with two attached hydrogens (primary N) is 1. The number of carboxylic acids is 1. The predicted molar refractivity (Wildman–Crippen MR) is 86.9 cm³/mol. The van der Waals surface area contributed by atoms with Crippen LogP contribution in [0.25, 0.3) is 0 Å². The Balaban J connectivity index is 0.000000626. The first-order chi connectivity index (χ1) is 10.3. The largest absolute Gasteiger partial charge is 0.480 e. The number of aliphatic carboxylic acids is 1. The summed E-state index contributed by atoms with van der Waals surface area (Å²) in [4.78, 5) is 33.1. The van der Waals surface area contributed by atoms with Gasteiger partial charge in [-0.05, 0) is 18.2 Å². The van der Waals surface area contributed by atoms with E-state index in [4.69, 9.17) is 10.8 Å². The van der Waals surface area contributed by atoms with Crippen molar-refractivity contribution < 1.29 is 19.5 Å². The molecule has 0 aromatic heterocycles. The average Bonchev–Trinajstić information content (AvgIpc) is 2.78. The number of carbonyl (C=O) groups excluding carboxylic acids is 2. The van der Waals surface area contributed by atoms with E-state index in [-0.39, 0.29) is 11.5 Å². The van der Waals surface area contributed by atoms with E-state index in [0.29, 0.717) is 6.67 Å². The molecule has 0 bridgehead atoms. The molecule has 0 fully saturated rings. The van der Waals surface area contributed by atoms with Crippen LogP contribution >= 0.6 is 11.8 Å². The zero-order valence-corrected chi connectivity index (χ0v) is 14.1. The first-order valence-corrected chi connectivity index (χ1v) is 7.93. The monoisotopic (exact) mass is 331 g/mol. The van der Waals surface area contributed by atoms with Crippen molar-refractivity contribution in [1.82, 2.24) is 10.2 Å². The molecule has 1 heterocycles. The predicted octanol–water partition coefficient (Wildman–Crippen LogP) is 1.11. The molecule has 0 amide bonds. The van der Waals surface area contributed by atoms with Crippen LogP contribution in [0.3, 0.4) is 0 Å². The molecule has 1 rings (SSSR count). The van der Waals surface area contributed by atoms with Gasteiger partial charge in [-0.25, -0.2) is 0 Å². The SMILES string of the molecule is CC(=O)SC1=C(CC(N)C(=O)O)NCN1C.CCCCC=O. The van der Waals surface area contributed by atoms with Crippen LogP contribution in [-0.4, -0.2) is 47.1 Å². The Morgan fingerprint density at radius 1 is 1.55 bits per heavy atom. The lowest BCUT2D eigenvalue weighted by Crippen LogP contribution is -2.32. The molecule has 0 aliphatic carbocycles. The van der Waals surface area contributed by atoms with Crippen LogP contribution in [0, 0.1) is 0 Å². The average molecular weight is 331 g/mol. The number of thioether (sulfide) groups is 1. The fourth-order valence-electron chi connectivity index (χ4n) is 1.62. The number of hydrogen-bond donors (Lipinski definition) is 3. The molecule has 1 aliphatic heterocycles. The third-order valence-electron chi connectivity index (χ3n) is 2.79. The van der Waals surface area contributed by atoms with Gasteiger partial charge < -0.3 is 25.9 Å². The molecule has 0 saturated heterocycles. The summed E-state index contributed by atoms with van der Waals surface area (Å²) >= 11 is 1.09. The van der Waals surface area contributed by atoms with Gasteiger partial charge in [0, 0.05) is 32.5 Å². The lowest BCUT2D eigenvalue weighted by atomic mass is 10.2. The van der Waals surface area contributed by atoms with Crippen LogP contribution in [0.1, 0.15) is 39.5 Å². The van der Waals surface area contributed by atoms with Gasteiger partial charge in [0.05, 0.1) is 11.7 Å². The Morgan fingerprint density at radius 2 is 2.18 bits per heavy atom. The third-order valence-corrected chi connectivity index (χ3v) is 3.83. The molecule has 7 nitrogen and oxygen atoms in total. The zero-order chi connectivity index (χ0) is 17.1. The Bertz CT molecular complexity index is 426. The molecule has 1 aliphatic rings. The molecule has 1 unspecified atom stereocenters. The number of unbranched alkanes of at least 4 members (excludes halogenated alkanes) is 2. The summed E-state index contributed by atoms with van der Waals surface area (Å²) in [6.07, 6.45) is 4.07. The van der Waals surface area contributed by atoms with Crippen molar-refractivity contribution in [2.75, 3.05) is 13.7 Å². The number of aldehydes is 1. The van der Waals surface area contributed by atoms with Gasteiger partial charge in [-0.3, -0.25) is 9.59 Å². The van der Waals surface area contributed by atoms with E-state index in [9.17, 15) is 14.4 Å². The minimum atomic E-state index is -1.05. The molecule has 0 aromatic rings. The Hall–Kier alpha value is -1.54. The number of carbonyl (C=O) groups is 3. The molecule has 0 aromatic carbocycles. The first-order valence-electron chi connectivity index (χ1n) is 7.12. The lowest BCUT2D eigenvalue weighted by Gasteiger charge is -2.13. The molecule has 126 valence electrons. The van der Waals surface area contributed by atoms with Crippen molar-refractivity contribution in [3.05, 3.63) is 10.7 Å². The number of carboxylic acid groups (broad SMARTS) is 1. The maximum atomic E-state index is 11.0. The van der Waals surface area contributed by atoms with E-state index in [1.54, 1.807) is 0 Å². The van der Waals surface area contributed by atoms with Gasteiger partial charge in [-0.15, -0.1) is 0 Å². The fraction of sp³-hybridized carbons (Fsp3) is 0.643. The van der Waals surface area contributed by atoms with E-state index in [1.165, 1.54) is 6.92 Å². The van der Waals surface area contributed by atoms with Crippen LogP contribution in [-0.2, 0) is 14.4 Å². The zero-order valence-electron chi connectivity index (χ0n) is 13.3. The molecule has 1 atom stereocenters. The van der Waals surface area contributed by atoms with Crippen LogP contribution < -0.4 is 11.1 Å². The van der Waals surface area contributed by atoms with E-state index in [0.717, 1.165) is 48.0 Å². The summed E-state index contributed by atoms with van der Waals surface area (Å²) in [5.41, 5.74) is 6.17. The van der Waals surface area contributed by atoms with Crippen molar-refractivity contribution in [1.29, 1.82) is 0 Å². The smallest absolute Gasteiger partial charge is 0.320 e. The molecule has 0 radical (unpaired) electrons. The van der Waals surface area contributed by atoms with Crippen molar-refractivity contribution in [3.8, 4) is 0 Å². The summed E-state index contributed by atoms with van der Waals surface area (Å²) in [5.74, 6) is -1.05. The maximum absolute atomic E-state index is 11.0. The summed E-state index contributed by atoms with van der Waals surface area (Å²) in [6.45, 7) is 4.11. The molecule has 4 N–H and O–H groups in total. The van der Waals surface area contributed by atoms with E-state index in [2.05, 4.69) is 12.2 Å². The Morgan fingerprint density at radius 3 is 2.59 bits per heavy atom. The van der Waals surface area contributed by atoms with Crippen molar-refractivity contribution >= 4 is 29.1 Å². The molecule has 0 spiro atoms. The number of nitrogens with zero attached hydrogens (tertiary/aromatic N) is 1. The van der Waals surface area contributed by atoms with Gasteiger partial charge in [0.1, 0.15) is 12.3 Å². The second kappa shape index (κ2) is 11.1. The van der Waals surface area contributed by atoms with Gasteiger partial charge in [0.2, 0.25) is 0 Å². The van der Waals surface area contributed by atoms with Crippen molar-refractivity contribution in [3.63, 3.8) is 0 Å². The highest BCUT2D eigenvalue weighted by Crippen LogP contribution is 2.28. The Kier molecular flexibility index (Phi) is 10.3. The summed E-state index contributed by atoms with van der Waals surface area (Å²) in [6, 6.07) is -0.948. The van der Waals surface area contributed by atoms with Gasteiger partial charge in [-0.2, -0.15) is 0 Å². The normalized spacial score (nSPS) is 14.8. The second-order valence-electron chi connectivity index (χ2n) is 4.87. The van der Waals surface area contributed by atoms with Gasteiger partial charge in [0.15, 0.2) is 5.12 Å². The highest BCUT2D eigenvalue weighted by Gasteiger charge is 2.24. The molecule has 22 heavy (non-hydrogen) atoms. The summed E-state index contributed by atoms with van der Waals surface area (Å²) in [7, 11) is 1.83. The quantitative estimate of drug-likeness (QED) is 0.470. The highest BCUT2D eigenvalue weighted by atomic mass is 32.2. The summed E-state index contributed by atoms with van der Waals surface area (Å²) in [5, 5.41) is 12.5. The maximum Gasteiger partial charge on any atom is 0.320 e. The lowest BCUT2D eigenvalue weighted by molar-refractivity contribution is -0.138. The number of rotatable bonds is 7. The number of nitrogens with one attached hydrogen (secondary N) is 1. The van der Waals surface area contributed by atoms with Gasteiger partial charge >= 0.3 is 5.97 Å². The van der Waals surface area contributed by atoms with Crippen molar-refractivity contribution in [2.45, 2.75) is 45.6 Å². The second-order valence-corrected chi connectivity index (χ2v) is 6.03. The van der Waals surface area contributed by atoms with E-state index >= 15 is 0 Å². The van der Waals surface area contributed by atoms with Gasteiger partial charge in [-0.1, -0.05) is 13.3 Å². The summed E-state index contributed by atoms with van der Waals surface area (Å²) < 4.78 is 0. The van der Waals surface area contributed by atoms with Crippen LogP contribution in [0.2, 0.25) is 0 Å². The highest BCUT2D eigenvalue weighted by molar-refractivity contribution is 8.16. The van der Waals surface area contributed by atoms with Crippen LogP contribution in [0.15, 0.2) is 10.7 Å². The minimum Gasteiger partial charge on any atom is -0.480 e. The number of hydrogen-bond acceptors (Lipinski definition) is 7. The topological polar surface area (TPSA) is 113 Å². The Labute approximate surface area is 135 Å². The first kappa shape index (κ1) is 20.5. The van der Waals surface area contributed by atoms with Crippen LogP contribution in [0.5, 0.6) is 0 Å². The van der Waals surface area contributed by atoms with Crippen LogP contribution in [0.4, 0.5) is 0 Å². The fourth-order valence-corrected chi connectivity index (χ4v) is 2.39. The van der Waals surface area contributed by atoms with Gasteiger partial charge in [0.25, 0.3) is 0 Å².